The quantitative estimate of drug-likeness (QED) is 0.167. The van der Waals surface area contributed by atoms with Crippen molar-refractivity contribution in [2.24, 2.45) is 0 Å². The van der Waals surface area contributed by atoms with E-state index in [2.05, 4.69) is 165 Å². The predicted octanol–water partition coefficient (Wildman–Crippen LogP) is 14.0. The fourth-order valence-corrected chi connectivity index (χ4v) is 9.35. The van der Waals surface area contributed by atoms with Crippen LogP contribution in [0.4, 0.5) is 0 Å². The average molecular weight is 807 g/mol. The molecule has 0 aliphatic carbocycles. The van der Waals surface area contributed by atoms with E-state index >= 15 is 0 Å². The number of furan rings is 1. The minimum atomic E-state index is 0.693. The van der Waals surface area contributed by atoms with Crippen LogP contribution in [0.1, 0.15) is 0 Å². The van der Waals surface area contributed by atoms with Gasteiger partial charge in [0.1, 0.15) is 11.0 Å². The van der Waals surface area contributed by atoms with Crippen molar-refractivity contribution in [2.75, 3.05) is 0 Å². The van der Waals surface area contributed by atoms with Crippen LogP contribution in [-0.2, 0) is 0 Å². The SMILES string of the molecule is c1ccc(-c2cccc(-n3c4cnccc4c4ccc(-c5ccc6oc7ccc(-c8ccc9c%10ccncc%10n(-c%10cccc(-c%11ccccc%11)c%10)c9c8)nc7c6n5)cc43)c2)cc1. The first-order valence-electron chi connectivity index (χ1n) is 21.0. The van der Waals surface area contributed by atoms with E-state index in [4.69, 9.17) is 14.4 Å². The number of pyridine rings is 4. The summed E-state index contributed by atoms with van der Waals surface area (Å²) in [4.78, 5) is 19.6. The molecular weight excluding hydrogens is 773 g/mol. The van der Waals surface area contributed by atoms with Gasteiger partial charge in [-0.1, -0.05) is 109 Å². The first-order chi connectivity index (χ1) is 31.2. The zero-order chi connectivity index (χ0) is 41.4. The Balaban J connectivity index is 0.929. The molecule has 7 aromatic heterocycles. The number of hydrogen-bond acceptors (Lipinski definition) is 5. The van der Waals surface area contributed by atoms with Gasteiger partial charge in [-0.2, -0.15) is 0 Å². The van der Waals surface area contributed by atoms with Crippen LogP contribution in [0.5, 0.6) is 0 Å². The molecule has 0 bridgehead atoms. The summed E-state index contributed by atoms with van der Waals surface area (Å²) in [6, 6.07) is 63.8. The number of aromatic nitrogens is 6. The van der Waals surface area contributed by atoms with Crippen LogP contribution in [0, 0.1) is 0 Å². The first-order valence-corrected chi connectivity index (χ1v) is 21.0. The predicted molar refractivity (Wildman–Crippen MR) is 255 cm³/mol. The van der Waals surface area contributed by atoms with Crippen LogP contribution in [0.2, 0.25) is 0 Å². The highest BCUT2D eigenvalue weighted by atomic mass is 16.3. The lowest BCUT2D eigenvalue weighted by molar-refractivity contribution is 0.667. The Morgan fingerprint density at radius 2 is 0.778 bits per heavy atom. The van der Waals surface area contributed by atoms with E-state index in [-0.39, 0.29) is 0 Å². The van der Waals surface area contributed by atoms with Gasteiger partial charge in [-0.3, -0.25) is 9.97 Å². The molecule has 0 amide bonds. The first kappa shape index (κ1) is 35.1. The summed E-state index contributed by atoms with van der Waals surface area (Å²) < 4.78 is 11.0. The third kappa shape index (κ3) is 5.67. The highest BCUT2D eigenvalue weighted by molar-refractivity contribution is 6.11. The molecule has 13 aromatic rings. The molecule has 0 aliphatic heterocycles. The zero-order valence-corrected chi connectivity index (χ0v) is 33.7. The maximum Gasteiger partial charge on any atom is 0.155 e. The highest BCUT2D eigenvalue weighted by Crippen LogP contribution is 2.39. The Hall–Kier alpha value is -8.68. The summed E-state index contributed by atoms with van der Waals surface area (Å²) >= 11 is 0. The Labute approximate surface area is 360 Å². The maximum absolute atomic E-state index is 6.36. The molecule has 0 spiro atoms. The second-order valence-electron chi connectivity index (χ2n) is 15.9. The lowest BCUT2D eigenvalue weighted by Gasteiger charge is -2.11. The van der Waals surface area contributed by atoms with E-state index in [1.807, 2.05) is 61.2 Å². The van der Waals surface area contributed by atoms with Crippen LogP contribution < -0.4 is 0 Å². The molecule has 0 radical (unpaired) electrons. The monoisotopic (exact) mass is 806 g/mol. The number of rotatable bonds is 6. The Morgan fingerprint density at radius 3 is 1.25 bits per heavy atom. The van der Waals surface area contributed by atoms with E-state index in [0.29, 0.717) is 11.2 Å². The van der Waals surface area contributed by atoms with Gasteiger partial charge in [0.25, 0.3) is 0 Å². The van der Waals surface area contributed by atoms with Crippen molar-refractivity contribution in [2.45, 2.75) is 0 Å². The van der Waals surface area contributed by atoms with Crippen LogP contribution in [-0.4, -0.2) is 29.1 Å². The smallest absolute Gasteiger partial charge is 0.155 e. The molecule has 0 unspecified atom stereocenters. The summed E-state index contributed by atoms with van der Waals surface area (Å²) in [6.45, 7) is 0. The maximum atomic E-state index is 6.36. The van der Waals surface area contributed by atoms with Gasteiger partial charge in [0, 0.05) is 56.4 Å². The second-order valence-corrected chi connectivity index (χ2v) is 15.9. The molecule has 6 aromatic carbocycles. The van der Waals surface area contributed by atoms with Gasteiger partial charge >= 0.3 is 0 Å². The van der Waals surface area contributed by atoms with Gasteiger partial charge in [-0.05, 0) is 95.1 Å². The van der Waals surface area contributed by atoms with Crippen LogP contribution >= 0.6 is 0 Å². The molecule has 7 heterocycles. The van der Waals surface area contributed by atoms with Gasteiger partial charge in [0.15, 0.2) is 11.2 Å². The second kappa shape index (κ2) is 13.9. The topological polar surface area (TPSA) is 74.6 Å². The molecule has 63 heavy (non-hydrogen) atoms. The van der Waals surface area contributed by atoms with E-state index in [0.717, 1.165) is 99.7 Å². The molecule has 0 N–H and O–H groups in total. The number of fused-ring (bicyclic) bond motifs is 9. The van der Waals surface area contributed by atoms with E-state index in [9.17, 15) is 0 Å². The average Bonchev–Trinajstić information content (AvgIpc) is 4.01. The number of benzene rings is 6. The standard InChI is InChI=1S/C56H34N6O/c1-3-9-35(10-4-1)37-13-7-15-41(29-37)61-49-31-39(17-19-43(49)45-25-27-57-33-51(45)61)47-21-23-53-55(59-47)56-54(63-53)24-22-48(60-56)40-18-20-44-46-26-28-58-34-52(46)62(50(44)32-40)42-16-8-14-38(30-42)36-11-5-2-6-12-36/h1-34H. The van der Waals surface area contributed by atoms with Crippen LogP contribution in [0.25, 0.3) is 122 Å². The van der Waals surface area contributed by atoms with Crippen molar-refractivity contribution in [3.63, 3.8) is 0 Å². The van der Waals surface area contributed by atoms with Crippen molar-refractivity contribution in [1.29, 1.82) is 0 Å². The van der Waals surface area contributed by atoms with Crippen molar-refractivity contribution in [1.82, 2.24) is 29.1 Å². The molecule has 0 atom stereocenters. The van der Waals surface area contributed by atoms with Crippen molar-refractivity contribution >= 4 is 65.8 Å². The molecule has 13 rings (SSSR count). The minimum absolute atomic E-state index is 0.693. The molecule has 7 nitrogen and oxygen atoms in total. The summed E-state index contributed by atoms with van der Waals surface area (Å²) in [5.41, 5.74) is 17.5. The third-order valence-electron chi connectivity index (χ3n) is 12.3. The number of hydrogen-bond donors (Lipinski definition) is 0. The lowest BCUT2D eigenvalue weighted by Crippen LogP contribution is -1.95. The van der Waals surface area contributed by atoms with Gasteiger partial charge in [0.2, 0.25) is 0 Å². The summed E-state index contributed by atoms with van der Waals surface area (Å²) in [6.07, 6.45) is 7.63. The van der Waals surface area contributed by atoms with E-state index < -0.39 is 0 Å². The van der Waals surface area contributed by atoms with Crippen molar-refractivity contribution < 1.29 is 4.42 Å². The van der Waals surface area contributed by atoms with Gasteiger partial charge in [-0.25, -0.2) is 9.97 Å². The molecule has 294 valence electrons. The normalized spacial score (nSPS) is 11.8. The fourth-order valence-electron chi connectivity index (χ4n) is 9.35. The molecule has 0 saturated heterocycles. The summed E-state index contributed by atoms with van der Waals surface area (Å²) in [5, 5.41) is 4.60. The number of nitrogens with zero attached hydrogens (tertiary/aromatic N) is 6. The third-order valence-corrected chi connectivity index (χ3v) is 12.3. The molecule has 0 fully saturated rings. The van der Waals surface area contributed by atoms with Gasteiger partial charge in [-0.15, -0.1) is 0 Å². The van der Waals surface area contributed by atoms with Crippen molar-refractivity contribution in [3.8, 4) is 56.1 Å². The summed E-state index contributed by atoms with van der Waals surface area (Å²) in [7, 11) is 0. The lowest BCUT2D eigenvalue weighted by atomic mass is 10.0. The zero-order valence-electron chi connectivity index (χ0n) is 33.7. The Morgan fingerprint density at radius 1 is 0.333 bits per heavy atom. The highest BCUT2D eigenvalue weighted by Gasteiger charge is 2.19. The Bertz CT molecular complexity index is 3670. The molecule has 0 saturated carbocycles. The van der Waals surface area contributed by atoms with Gasteiger partial charge in [0.05, 0.1) is 45.8 Å². The minimum Gasteiger partial charge on any atom is -0.453 e. The van der Waals surface area contributed by atoms with Gasteiger partial charge < -0.3 is 13.6 Å². The van der Waals surface area contributed by atoms with Crippen LogP contribution in [0.15, 0.2) is 211 Å². The van der Waals surface area contributed by atoms with Crippen molar-refractivity contribution in [3.05, 3.63) is 207 Å². The van der Waals surface area contributed by atoms with Crippen LogP contribution in [0.3, 0.4) is 0 Å². The molecule has 7 heteroatoms. The summed E-state index contributed by atoms with van der Waals surface area (Å²) in [5.74, 6) is 0. The molecular formula is C56H34N6O. The molecule has 0 aliphatic rings. The Kier molecular flexibility index (Phi) is 7.77. The fraction of sp³-hybridized carbons (Fsp3) is 0. The largest absolute Gasteiger partial charge is 0.453 e. The van der Waals surface area contributed by atoms with E-state index in [1.54, 1.807) is 0 Å². The van der Waals surface area contributed by atoms with E-state index in [1.165, 1.54) is 11.1 Å².